The number of carbonyl (C=O) groups is 2. The average Bonchev–Trinajstić information content (AvgIpc) is 2.11. The van der Waals surface area contributed by atoms with Gasteiger partial charge in [-0.25, -0.2) is 0 Å². The Morgan fingerprint density at radius 1 is 0.684 bits per heavy atom. The van der Waals surface area contributed by atoms with Crippen LogP contribution in [-0.4, -0.2) is 18.2 Å². The van der Waals surface area contributed by atoms with E-state index in [1.54, 1.807) is 41.5 Å². The Labute approximate surface area is 116 Å². The number of carbonyl (C=O) groups excluding carboxylic acids is 2. The molecule has 0 aromatic rings. The third-order valence-corrected chi connectivity index (χ3v) is 2.36. The van der Waals surface area contributed by atoms with Crippen LogP contribution < -0.4 is 0 Å². The minimum Gasteiger partial charge on any atom is -0.424 e. The lowest BCUT2D eigenvalue weighted by Crippen LogP contribution is -2.41. The normalized spacial score (nSPS) is 13.4. The fraction of sp³-hybridized carbons (Fsp3) is 0.867. The number of rotatable bonds is 2. The van der Waals surface area contributed by atoms with E-state index in [1.807, 2.05) is 20.8 Å². The molecule has 0 heterocycles. The van der Waals surface area contributed by atoms with Gasteiger partial charge in [-0.1, -0.05) is 20.8 Å². The van der Waals surface area contributed by atoms with Crippen LogP contribution in [0.5, 0.6) is 0 Å². The summed E-state index contributed by atoms with van der Waals surface area (Å²) >= 11 is 0. The van der Waals surface area contributed by atoms with E-state index in [4.69, 9.17) is 9.47 Å². The molecule has 4 nitrogen and oxygen atoms in total. The Morgan fingerprint density at radius 2 is 0.947 bits per heavy atom. The van der Waals surface area contributed by atoms with Crippen LogP contribution in [0.15, 0.2) is 0 Å². The molecule has 0 saturated heterocycles. The lowest BCUT2D eigenvalue weighted by molar-refractivity contribution is -0.217. The van der Waals surface area contributed by atoms with Crippen molar-refractivity contribution in [2.24, 2.45) is 16.2 Å². The molecule has 0 N–H and O–H groups in total. The summed E-state index contributed by atoms with van der Waals surface area (Å²) in [6.07, 6.45) is -0.883. The maximum atomic E-state index is 11.9. The fourth-order valence-corrected chi connectivity index (χ4v) is 0.926. The largest absolute Gasteiger partial charge is 0.424 e. The van der Waals surface area contributed by atoms with Crippen molar-refractivity contribution in [3.05, 3.63) is 0 Å². The highest BCUT2D eigenvalue weighted by Crippen LogP contribution is 2.29. The Hall–Kier alpha value is -1.06. The molecule has 0 unspecified atom stereocenters. The topological polar surface area (TPSA) is 52.6 Å². The van der Waals surface area contributed by atoms with E-state index in [0.717, 1.165) is 0 Å². The maximum absolute atomic E-state index is 11.9. The molecule has 0 aliphatic rings. The standard InChI is InChI=1S/C15H28O4/c1-13(2,3)10(16)18-12(15(7,8)9)19-11(17)14(4,5)6/h12H,1-9H3. The number of hydrogen-bond acceptors (Lipinski definition) is 4. The molecule has 0 amide bonds. The predicted molar refractivity (Wildman–Crippen MR) is 74.3 cm³/mol. The molecule has 0 aliphatic carbocycles. The van der Waals surface area contributed by atoms with Crippen LogP contribution in [-0.2, 0) is 19.1 Å². The molecule has 19 heavy (non-hydrogen) atoms. The molecule has 0 aromatic heterocycles. The fourth-order valence-electron chi connectivity index (χ4n) is 0.926. The zero-order chi connectivity index (χ0) is 15.6. The van der Waals surface area contributed by atoms with Gasteiger partial charge in [0.1, 0.15) is 0 Å². The van der Waals surface area contributed by atoms with Crippen LogP contribution in [0, 0.1) is 16.2 Å². The second-order valence-corrected chi connectivity index (χ2v) is 8.01. The van der Waals surface area contributed by atoms with E-state index in [9.17, 15) is 9.59 Å². The molecular weight excluding hydrogens is 244 g/mol. The van der Waals surface area contributed by atoms with Crippen LogP contribution in [0.1, 0.15) is 62.3 Å². The van der Waals surface area contributed by atoms with Crippen molar-refractivity contribution in [1.29, 1.82) is 0 Å². The lowest BCUT2D eigenvalue weighted by Gasteiger charge is -2.33. The van der Waals surface area contributed by atoms with E-state index in [1.165, 1.54) is 0 Å². The Bertz CT molecular complexity index is 309. The minimum absolute atomic E-state index is 0.380. The molecular formula is C15H28O4. The first kappa shape index (κ1) is 17.9. The van der Waals surface area contributed by atoms with Crippen molar-refractivity contribution in [2.45, 2.75) is 68.6 Å². The van der Waals surface area contributed by atoms with E-state index >= 15 is 0 Å². The first-order chi connectivity index (χ1) is 8.15. The summed E-state index contributed by atoms with van der Waals surface area (Å²) < 4.78 is 10.7. The molecule has 0 rings (SSSR count). The summed E-state index contributed by atoms with van der Waals surface area (Å²) in [7, 11) is 0. The molecule has 0 atom stereocenters. The Balaban J connectivity index is 4.98. The Morgan fingerprint density at radius 3 is 1.11 bits per heavy atom. The van der Waals surface area contributed by atoms with Crippen LogP contribution in [0.25, 0.3) is 0 Å². The van der Waals surface area contributed by atoms with Crippen LogP contribution in [0.4, 0.5) is 0 Å². The monoisotopic (exact) mass is 272 g/mol. The van der Waals surface area contributed by atoms with Gasteiger partial charge in [0, 0.05) is 5.41 Å². The van der Waals surface area contributed by atoms with Gasteiger partial charge in [-0.2, -0.15) is 0 Å². The van der Waals surface area contributed by atoms with Gasteiger partial charge in [-0.05, 0) is 41.5 Å². The van der Waals surface area contributed by atoms with Crippen LogP contribution in [0.2, 0.25) is 0 Å². The quantitative estimate of drug-likeness (QED) is 0.570. The Kier molecular flexibility index (Phi) is 5.21. The van der Waals surface area contributed by atoms with Gasteiger partial charge in [0.2, 0.25) is 0 Å². The van der Waals surface area contributed by atoms with Crippen LogP contribution >= 0.6 is 0 Å². The number of hydrogen-bond donors (Lipinski definition) is 0. The summed E-state index contributed by atoms with van der Waals surface area (Å²) in [5.74, 6) is -0.761. The van der Waals surface area contributed by atoms with Crippen molar-refractivity contribution in [3.63, 3.8) is 0 Å². The van der Waals surface area contributed by atoms with Crippen molar-refractivity contribution in [3.8, 4) is 0 Å². The van der Waals surface area contributed by atoms with E-state index < -0.39 is 22.5 Å². The highest BCUT2D eigenvalue weighted by molar-refractivity contribution is 5.77. The van der Waals surface area contributed by atoms with Gasteiger partial charge in [-0.15, -0.1) is 0 Å². The molecule has 0 saturated carbocycles. The van der Waals surface area contributed by atoms with Crippen molar-refractivity contribution >= 4 is 11.9 Å². The summed E-state index contributed by atoms with van der Waals surface area (Å²) in [5.41, 5.74) is -1.73. The third-order valence-electron chi connectivity index (χ3n) is 2.36. The highest BCUT2D eigenvalue weighted by Gasteiger charge is 2.37. The SMILES string of the molecule is CC(C)(C)C(=O)OC(OC(=O)C(C)(C)C)C(C)(C)C. The molecule has 4 heteroatoms. The molecule has 0 spiro atoms. The lowest BCUT2D eigenvalue weighted by atomic mass is 9.93. The first-order valence-corrected chi connectivity index (χ1v) is 6.58. The number of esters is 2. The van der Waals surface area contributed by atoms with Gasteiger partial charge >= 0.3 is 11.9 Å². The van der Waals surface area contributed by atoms with Gasteiger partial charge in [0.05, 0.1) is 10.8 Å². The van der Waals surface area contributed by atoms with E-state index in [0.29, 0.717) is 0 Å². The maximum Gasteiger partial charge on any atom is 0.314 e. The smallest absolute Gasteiger partial charge is 0.314 e. The van der Waals surface area contributed by atoms with Gasteiger partial charge < -0.3 is 9.47 Å². The van der Waals surface area contributed by atoms with E-state index in [-0.39, 0.29) is 11.9 Å². The van der Waals surface area contributed by atoms with Gasteiger partial charge in [0.15, 0.2) is 0 Å². The first-order valence-electron chi connectivity index (χ1n) is 6.58. The van der Waals surface area contributed by atoms with Crippen molar-refractivity contribution in [1.82, 2.24) is 0 Å². The van der Waals surface area contributed by atoms with E-state index in [2.05, 4.69) is 0 Å². The molecule has 0 radical (unpaired) electrons. The zero-order valence-electron chi connectivity index (χ0n) is 13.7. The zero-order valence-corrected chi connectivity index (χ0v) is 13.7. The second-order valence-electron chi connectivity index (χ2n) is 8.01. The highest BCUT2D eigenvalue weighted by atomic mass is 16.7. The summed E-state index contributed by atoms with van der Waals surface area (Å²) in [6.45, 7) is 16.2. The molecule has 0 fully saturated rings. The third kappa shape index (κ3) is 6.08. The predicted octanol–water partition coefficient (Wildman–Crippen LogP) is 3.54. The van der Waals surface area contributed by atoms with Gasteiger partial charge in [-0.3, -0.25) is 9.59 Å². The molecule has 0 bridgehead atoms. The molecule has 112 valence electrons. The number of ether oxygens (including phenoxy) is 2. The summed E-state index contributed by atoms with van der Waals surface area (Å²) in [6, 6.07) is 0. The van der Waals surface area contributed by atoms with Crippen LogP contribution in [0.3, 0.4) is 0 Å². The van der Waals surface area contributed by atoms with Gasteiger partial charge in [0.25, 0.3) is 6.29 Å². The average molecular weight is 272 g/mol. The summed E-state index contributed by atoms with van der Waals surface area (Å²) in [4.78, 5) is 23.9. The second kappa shape index (κ2) is 5.51. The summed E-state index contributed by atoms with van der Waals surface area (Å²) in [5, 5.41) is 0. The molecule has 0 aromatic carbocycles. The van der Waals surface area contributed by atoms with Crippen molar-refractivity contribution < 1.29 is 19.1 Å². The molecule has 0 aliphatic heterocycles. The minimum atomic E-state index is -0.883. The van der Waals surface area contributed by atoms with Crippen molar-refractivity contribution in [2.75, 3.05) is 0 Å².